The Balaban J connectivity index is 1.97. The molecule has 0 aliphatic heterocycles. The van der Waals surface area contributed by atoms with E-state index in [9.17, 15) is 14.4 Å². The molecule has 0 spiro atoms. The van der Waals surface area contributed by atoms with Crippen molar-refractivity contribution in [2.75, 3.05) is 7.11 Å². The van der Waals surface area contributed by atoms with Crippen molar-refractivity contribution < 1.29 is 23.9 Å². The molecule has 1 N–H and O–H groups in total. The van der Waals surface area contributed by atoms with Crippen LogP contribution in [0.4, 0.5) is 0 Å². The second-order valence-electron chi connectivity index (χ2n) is 5.73. The van der Waals surface area contributed by atoms with Gasteiger partial charge in [0.2, 0.25) is 5.91 Å². The molecule has 0 heterocycles. The Bertz CT molecular complexity index is 576. The molecule has 23 heavy (non-hydrogen) atoms. The fourth-order valence-corrected chi connectivity index (χ4v) is 2.91. The van der Waals surface area contributed by atoms with Crippen LogP contribution in [0.3, 0.4) is 0 Å². The lowest BCUT2D eigenvalue weighted by atomic mass is 9.80. The van der Waals surface area contributed by atoms with E-state index in [0.29, 0.717) is 31.2 Å². The molecule has 1 aliphatic rings. The maximum absolute atomic E-state index is 12.1. The van der Waals surface area contributed by atoms with Gasteiger partial charge in [-0.05, 0) is 37.8 Å². The van der Waals surface area contributed by atoms with E-state index in [-0.39, 0.29) is 18.0 Å². The first-order chi connectivity index (χ1) is 11.0. The third-order valence-electron chi connectivity index (χ3n) is 4.06. The minimum absolute atomic E-state index is 0.269. The van der Waals surface area contributed by atoms with Crippen molar-refractivity contribution in [3.63, 3.8) is 0 Å². The van der Waals surface area contributed by atoms with Crippen molar-refractivity contribution >= 4 is 17.8 Å². The number of benzene rings is 1. The predicted octanol–water partition coefficient (Wildman–Crippen LogP) is 1.83. The quantitative estimate of drug-likeness (QED) is 0.856. The number of rotatable bonds is 4. The summed E-state index contributed by atoms with van der Waals surface area (Å²) in [6, 6.07) is 8.77. The zero-order valence-electron chi connectivity index (χ0n) is 13.3. The summed E-state index contributed by atoms with van der Waals surface area (Å²) >= 11 is 0. The normalized spacial score (nSPS) is 23.7. The highest BCUT2D eigenvalue weighted by Gasteiger charge is 2.44. The highest BCUT2D eigenvalue weighted by Crippen LogP contribution is 2.31. The molecule has 1 amide bonds. The second-order valence-corrected chi connectivity index (χ2v) is 5.73. The maximum Gasteiger partial charge on any atom is 0.338 e. The number of nitrogens with one attached hydrogen (secondary N) is 1. The molecule has 6 nitrogen and oxygen atoms in total. The molecule has 1 fully saturated rings. The number of hydrogen-bond donors (Lipinski definition) is 1. The monoisotopic (exact) mass is 319 g/mol. The lowest BCUT2D eigenvalue weighted by molar-refractivity contribution is -0.153. The number of carbonyl (C=O) groups excluding carboxylic acids is 3. The molecule has 1 aromatic rings. The predicted molar refractivity (Wildman–Crippen MR) is 82.7 cm³/mol. The van der Waals surface area contributed by atoms with E-state index >= 15 is 0 Å². The standard InChI is InChI=1S/C17H21NO5/c1-12(19)18-17(16(21)22-2)10-8-14(9-11-17)23-15(20)13-6-4-3-5-7-13/h3-7,14H,8-11H2,1-2H3,(H,18,19). The number of carbonyl (C=O) groups is 3. The van der Waals surface area contributed by atoms with Crippen molar-refractivity contribution in [3.8, 4) is 0 Å². The van der Waals surface area contributed by atoms with E-state index in [1.165, 1.54) is 14.0 Å². The fourth-order valence-electron chi connectivity index (χ4n) is 2.91. The number of ether oxygens (including phenoxy) is 2. The minimum atomic E-state index is -1.02. The van der Waals surface area contributed by atoms with Crippen LogP contribution in [0.2, 0.25) is 0 Å². The average Bonchev–Trinajstić information content (AvgIpc) is 2.56. The number of amides is 1. The highest BCUT2D eigenvalue weighted by atomic mass is 16.5. The van der Waals surface area contributed by atoms with Gasteiger partial charge in [0.05, 0.1) is 12.7 Å². The van der Waals surface area contributed by atoms with Crippen molar-refractivity contribution in [2.45, 2.75) is 44.2 Å². The lowest BCUT2D eigenvalue weighted by Crippen LogP contribution is -2.57. The Labute approximate surface area is 135 Å². The van der Waals surface area contributed by atoms with Crippen LogP contribution < -0.4 is 5.32 Å². The summed E-state index contributed by atoms with van der Waals surface area (Å²) in [5, 5.41) is 2.70. The topological polar surface area (TPSA) is 81.7 Å². The molecule has 124 valence electrons. The second kappa shape index (κ2) is 7.26. The van der Waals surface area contributed by atoms with Gasteiger partial charge in [-0.3, -0.25) is 4.79 Å². The van der Waals surface area contributed by atoms with E-state index in [2.05, 4.69) is 5.32 Å². The van der Waals surface area contributed by atoms with E-state index in [1.807, 2.05) is 6.07 Å². The van der Waals surface area contributed by atoms with Crippen molar-refractivity contribution in [1.82, 2.24) is 5.32 Å². The van der Waals surface area contributed by atoms with E-state index in [1.54, 1.807) is 24.3 Å². The number of methoxy groups -OCH3 is 1. The van der Waals surface area contributed by atoms with Gasteiger partial charge in [-0.15, -0.1) is 0 Å². The van der Waals surface area contributed by atoms with Gasteiger partial charge in [0, 0.05) is 6.92 Å². The molecule has 0 saturated heterocycles. The molecule has 0 aromatic heterocycles. The van der Waals surface area contributed by atoms with Gasteiger partial charge in [-0.25, -0.2) is 9.59 Å². The zero-order chi connectivity index (χ0) is 16.9. The van der Waals surface area contributed by atoms with Crippen molar-refractivity contribution in [1.29, 1.82) is 0 Å². The van der Waals surface area contributed by atoms with Crippen LogP contribution in [0.25, 0.3) is 0 Å². The van der Waals surface area contributed by atoms with E-state index in [0.717, 1.165) is 0 Å². The summed E-state index contributed by atoms with van der Waals surface area (Å²) in [7, 11) is 1.30. The first-order valence-electron chi connectivity index (χ1n) is 7.60. The Morgan fingerprint density at radius 3 is 2.26 bits per heavy atom. The number of hydrogen-bond acceptors (Lipinski definition) is 5. The largest absolute Gasteiger partial charge is 0.467 e. The fraction of sp³-hybridized carbons (Fsp3) is 0.471. The summed E-state index contributed by atoms with van der Waals surface area (Å²) in [4.78, 5) is 35.5. The molecule has 6 heteroatoms. The molecule has 1 aliphatic carbocycles. The summed E-state index contributed by atoms with van der Waals surface area (Å²) in [5.41, 5.74) is -0.518. The van der Waals surface area contributed by atoms with E-state index in [4.69, 9.17) is 9.47 Å². The smallest absolute Gasteiger partial charge is 0.338 e. The van der Waals surface area contributed by atoms with Crippen molar-refractivity contribution in [2.24, 2.45) is 0 Å². The van der Waals surface area contributed by atoms with Crippen LogP contribution in [0.5, 0.6) is 0 Å². The zero-order valence-corrected chi connectivity index (χ0v) is 13.3. The third kappa shape index (κ3) is 4.09. The molecule has 1 aromatic carbocycles. The maximum atomic E-state index is 12.1. The summed E-state index contributed by atoms with van der Waals surface area (Å²) < 4.78 is 10.3. The Morgan fingerprint density at radius 2 is 1.74 bits per heavy atom. The van der Waals surface area contributed by atoms with Gasteiger partial charge in [-0.2, -0.15) is 0 Å². The van der Waals surface area contributed by atoms with Gasteiger partial charge in [-0.1, -0.05) is 18.2 Å². The molecule has 2 rings (SSSR count). The van der Waals surface area contributed by atoms with Crippen LogP contribution in [-0.4, -0.2) is 36.6 Å². The lowest BCUT2D eigenvalue weighted by Gasteiger charge is -2.37. The van der Waals surface area contributed by atoms with Crippen LogP contribution in [-0.2, 0) is 19.1 Å². The Kier molecular flexibility index (Phi) is 5.36. The Hall–Kier alpha value is -2.37. The third-order valence-corrected chi connectivity index (χ3v) is 4.06. The summed E-state index contributed by atoms with van der Waals surface area (Å²) in [6.45, 7) is 1.37. The molecular formula is C17H21NO5. The van der Waals surface area contributed by atoms with Gasteiger partial charge in [0.15, 0.2) is 0 Å². The molecule has 0 atom stereocenters. The van der Waals surface area contributed by atoms with Gasteiger partial charge in [0.1, 0.15) is 11.6 Å². The molecular weight excluding hydrogens is 298 g/mol. The highest BCUT2D eigenvalue weighted by molar-refractivity contribution is 5.89. The molecule has 0 radical (unpaired) electrons. The molecule has 0 bridgehead atoms. The average molecular weight is 319 g/mol. The van der Waals surface area contributed by atoms with Gasteiger partial charge in [0.25, 0.3) is 0 Å². The molecule has 0 unspecified atom stereocenters. The minimum Gasteiger partial charge on any atom is -0.467 e. The van der Waals surface area contributed by atoms with E-state index < -0.39 is 11.5 Å². The van der Waals surface area contributed by atoms with Gasteiger partial charge >= 0.3 is 11.9 Å². The number of esters is 2. The Morgan fingerprint density at radius 1 is 1.13 bits per heavy atom. The SMILES string of the molecule is COC(=O)C1(NC(C)=O)CCC(OC(=O)c2ccccc2)CC1. The van der Waals surface area contributed by atoms with Crippen LogP contribution >= 0.6 is 0 Å². The summed E-state index contributed by atoms with van der Waals surface area (Å²) in [6.07, 6.45) is 1.48. The first kappa shape index (κ1) is 17.0. The van der Waals surface area contributed by atoms with Crippen LogP contribution in [0, 0.1) is 0 Å². The molecule has 1 saturated carbocycles. The van der Waals surface area contributed by atoms with Gasteiger partial charge < -0.3 is 14.8 Å². The van der Waals surface area contributed by atoms with Crippen LogP contribution in [0.1, 0.15) is 43.0 Å². The summed E-state index contributed by atoms with van der Waals surface area (Å²) in [5.74, 6) is -1.11. The van der Waals surface area contributed by atoms with Crippen LogP contribution in [0.15, 0.2) is 30.3 Å². The van der Waals surface area contributed by atoms with Crippen molar-refractivity contribution in [3.05, 3.63) is 35.9 Å². The first-order valence-corrected chi connectivity index (χ1v) is 7.60.